The zero-order chi connectivity index (χ0) is 21.8. The Morgan fingerprint density at radius 3 is 2.52 bits per heavy atom. The molecule has 0 spiro atoms. The van der Waals surface area contributed by atoms with Crippen molar-refractivity contribution in [3.63, 3.8) is 0 Å². The molecule has 1 aromatic heterocycles. The number of aromatic nitrogens is 2. The summed E-state index contributed by atoms with van der Waals surface area (Å²) >= 11 is 1.58. The van der Waals surface area contributed by atoms with Crippen LogP contribution in [-0.2, 0) is 6.42 Å². The number of hydrogen-bond donors (Lipinski definition) is 0. The molecule has 1 atom stereocenters. The molecule has 0 saturated carbocycles. The van der Waals surface area contributed by atoms with Crippen LogP contribution in [0.4, 0.5) is 0 Å². The first kappa shape index (κ1) is 20.9. The van der Waals surface area contributed by atoms with Crippen LogP contribution < -0.4 is 0 Å². The third-order valence-corrected chi connectivity index (χ3v) is 6.02. The zero-order valence-corrected chi connectivity index (χ0v) is 18.6. The molecule has 0 fully saturated rings. The van der Waals surface area contributed by atoms with Gasteiger partial charge in [-0.2, -0.15) is 5.26 Å². The lowest BCUT2D eigenvalue weighted by Gasteiger charge is -2.10. The van der Waals surface area contributed by atoms with Gasteiger partial charge >= 0.3 is 0 Å². The van der Waals surface area contributed by atoms with Gasteiger partial charge in [-0.05, 0) is 54.5 Å². The van der Waals surface area contributed by atoms with Crippen molar-refractivity contribution in [2.24, 2.45) is 0 Å². The van der Waals surface area contributed by atoms with E-state index in [0.717, 1.165) is 33.6 Å². The molecule has 0 saturated heterocycles. The van der Waals surface area contributed by atoms with Gasteiger partial charge in [0.15, 0.2) is 0 Å². The van der Waals surface area contributed by atoms with Crippen LogP contribution in [0.2, 0.25) is 0 Å². The number of benzene rings is 3. The molecule has 0 amide bonds. The van der Waals surface area contributed by atoms with E-state index in [4.69, 9.17) is 4.42 Å². The molecule has 5 heteroatoms. The van der Waals surface area contributed by atoms with Crippen molar-refractivity contribution in [1.29, 1.82) is 5.26 Å². The Morgan fingerprint density at radius 2 is 1.77 bits per heavy atom. The monoisotopic (exact) mass is 425 g/mol. The van der Waals surface area contributed by atoms with E-state index in [9.17, 15) is 5.26 Å². The van der Waals surface area contributed by atoms with Gasteiger partial charge in [0.2, 0.25) is 11.8 Å². The van der Waals surface area contributed by atoms with Gasteiger partial charge in [-0.3, -0.25) is 0 Å². The van der Waals surface area contributed by atoms with E-state index in [1.807, 2.05) is 61.7 Å². The molecule has 0 radical (unpaired) electrons. The Bertz CT molecular complexity index is 1240. The first-order valence-corrected chi connectivity index (χ1v) is 11.4. The standard InChI is InChI=1S/C26H23N3OS/c1-17-12-20(22-10-7-11-24(31-3)23(22)16-27)15-21(13-17)26-29-28-25(30-26)18(2)14-19-8-5-4-6-9-19/h4-13,15,18H,14H2,1-3H3. The molecule has 3 aromatic carbocycles. The van der Waals surface area contributed by atoms with Crippen LogP contribution >= 0.6 is 11.8 Å². The van der Waals surface area contributed by atoms with E-state index in [1.54, 1.807) is 11.8 Å². The van der Waals surface area contributed by atoms with Gasteiger partial charge in [-0.25, -0.2) is 0 Å². The fourth-order valence-corrected chi connectivity index (χ4v) is 4.30. The number of nitrogens with zero attached hydrogens (tertiary/aromatic N) is 3. The summed E-state index contributed by atoms with van der Waals surface area (Å²) in [6.07, 6.45) is 2.83. The van der Waals surface area contributed by atoms with Crippen molar-refractivity contribution >= 4 is 11.8 Å². The van der Waals surface area contributed by atoms with E-state index in [1.165, 1.54) is 5.56 Å². The molecule has 1 heterocycles. The van der Waals surface area contributed by atoms with Crippen LogP contribution in [0.25, 0.3) is 22.6 Å². The minimum atomic E-state index is 0.122. The largest absolute Gasteiger partial charge is 0.420 e. The number of thioether (sulfide) groups is 1. The maximum Gasteiger partial charge on any atom is 0.247 e. The SMILES string of the molecule is CSc1cccc(-c2cc(C)cc(-c3nnc(C(C)Cc4ccccc4)o3)c2)c1C#N. The van der Waals surface area contributed by atoms with E-state index in [-0.39, 0.29) is 5.92 Å². The third-order valence-electron chi connectivity index (χ3n) is 5.24. The van der Waals surface area contributed by atoms with Gasteiger partial charge in [0.05, 0.1) is 5.56 Å². The molecule has 4 rings (SSSR count). The first-order chi connectivity index (χ1) is 15.1. The van der Waals surface area contributed by atoms with Crippen LogP contribution in [0, 0.1) is 18.3 Å². The summed E-state index contributed by atoms with van der Waals surface area (Å²) in [6, 6.07) is 24.8. The molecule has 4 nitrogen and oxygen atoms in total. The topological polar surface area (TPSA) is 62.7 Å². The quantitative estimate of drug-likeness (QED) is 0.324. The summed E-state index contributed by atoms with van der Waals surface area (Å²) in [7, 11) is 0. The van der Waals surface area contributed by atoms with Crippen LogP contribution in [0.5, 0.6) is 0 Å². The van der Waals surface area contributed by atoms with Crippen molar-refractivity contribution < 1.29 is 4.42 Å². The average molecular weight is 426 g/mol. The van der Waals surface area contributed by atoms with Gasteiger partial charge in [0.1, 0.15) is 6.07 Å². The highest BCUT2D eigenvalue weighted by atomic mass is 32.2. The fraction of sp³-hybridized carbons (Fsp3) is 0.192. The van der Waals surface area contributed by atoms with Crippen molar-refractivity contribution in [2.45, 2.75) is 31.1 Å². The Labute approximate surface area is 187 Å². The minimum Gasteiger partial charge on any atom is -0.420 e. The van der Waals surface area contributed by atoms with Crippen LogP contribution in [0.1, 0.15) is 35.4 Å². The van der Waals surface area contributed by atoms with Gasteiger partial charge in [0, 0.05) is 21.9 Å². The van der Waals surface area contributed by atoms with E-state index in [2.05, 4.69) is 41.4 Å². The lowest BCUT2D eigenvalue weighted by atomic mass is 9.96. The van der Waals surface area contributed by atoms with Crippen LogP contribution in [0.3, 0.4) is 0 Å². The summed E-state index contributed by atoms with van der Waals surface area (Å²) in [4.78, 5) is 0.970. The number of hydrogen-bond acceptors (Lipinski definition) is 5. The van der Waals surface area contributed by atoms with Crippen molar-refractivity contribution in [2.75, 3.05) is 6.26 Å². The molecule has 0 aliphatic heterocycles. The molecule has 0 aliphatic carbocycles. The van der Waals surface area contributed by atoms with Crippen molar-refractivity contribution in [1.82, 2.24) is 10.2 Å². The van der Waals surface area contributed by atoms with Gasteiger partial charge < -0.3 is 4.42 Å². The highest BCUT2D eigenvalue weighted by molar-refractivity contribution is 7.98. The second-order valence-electron chi connectivity index (χ2n) is 7.62. The lowest BCUT2D eigenvalue weighted by Crippen LogP contribution is -1.98. The molecular formula is C26H23N3OS. The van der Waals surface area contributed by atoms with Crippen LogP contribution in [0.15, 0.2) is 76.0 Å². The second kappa shape index (κ2) is 9.20. The molecule has 0 aliphatic rings. The molecule has 0 bridgehead atoms. The maximum atomic E-state index is 9.73. The molecule has 4 aromatic rings. The van der Waals surface area contributed by atoms with Gasteiger partial charge in [-0.15, -0.1) is 22.0 Å². The van der Waals surface area contributed by atoms with Crippen molar-refractivity contribution in [3.8, 4) is 28.7 Å². The minimum absolute atomic E-state index is 0.122. The predicted molar refractivity (Wildman–Crippen MR) is 125 cm³/mol. The average Bonchev–Trinajstić information content (AvgIpc) is 3.29. The van der Waals surface area contributed by atoms with Crippen molar-refractivity contribution in [3.05, 3.63) is 89.3 Å². The van der Waals surface area contributed by atoms with E-state index in [0.29, 0.717) is 17.3 Å². The Balaban J connectivity index is 1.67. The maximum absolute atomic E-state index is 9.73. The Kier molecular flexibility index (Phi) is 6.20. The summed E-state index contributed by atoms with van der Waals surface area (Å²) < 4.78 is 6.06. The summed E-state index contributed by atoms with van der Waals surface area (Å²) in [6.45, 7) is 4.13. The van der Waals surface area contributed by atoms with Gasteiger partial charge in [0.25, 0.3) is 0 Å². The second-order valence-corrected chi connectivity index (χ2v) is 8.47. The lowest BCUT2D eigenvalue weighted by molar-refractivity contribution is 0.466. The predicted octanol–water partition coefficient (Wildman–Crippen LogP) is 6.65. The molecular weight excluding hydrogens is 402 g/mol. The number of rotatable bonds is 6. The first-order valence-electron chi connectivity index (χ1n) is 10.2. The summed E-state index contributed by atoms with van der Waals surface area (Å²) in [5.41, 5.74) is 5.75. The van der Waals surface area contributed by atoms with Crippen LogP contribution in [-0.4, -0.2) is 16.5 Å². The molecule has 1 unspecified atom stereocenters. The van der Waals surface area contributed by atoms with Gasteiger partial charge in [-0.1, -0.05) is 55.5 Å². The highest BCUT2D eigenvalue weighted by Crippen LogP contribution is 2.34. The summed E-state index contributed by atoms with van der Waals surface area (Å²) in [5.74, 6) is 1.25. The molecule has 0 N–H and O–H groups in total. The fourth-order valence-electron chi connectivity index (χ4n) is 3.72. The Hall–Kier alpha value is -3.36. The zero-order valence-electron chi connectivity index (χ0n) is 17.8. The molecule has 154 valence electrons. The normalized spacial score (nSPS) is 11.8. The smallest absolute Gasteiger partial charge is 0.247 e. The Morgan fingerprint density at radius 1 is 1.00 bits per heavy atom. The third kappa shape index (κ3) is 4.55. The number of nitriles is 1. The summed E-state index contributed by atoms with van der Waals surface area (Å²) in [5, 5.41) is 18.4. The van der Waals surface area contributed by atoms with E-state index < -0.39 is 0 Å². The highest BCUT2D eigenvalue weighted by Gasteiger charge is 2.17. The van der Waals surface area contributed by atoms with E-state index >= 15 is 0 Å². The number of aryl methyl sites for hydroxylation is 1. The molecule has 31 heavy (non-hydrogen) atoms.